The van der Waals surface area contributed by atoms with Crippen molar-refractivity contribution in [3.63, 3.8) is 0 Å². The van der Waals surface area contributed by atoms with E-state index in [1.165, 1.54) is 0 Å². The molecule has 0 bridgehead atoms. The van der Waals surface area contributed by atoms with Crippen molar-refractivity contribution >= 4 is 11.8 Å². The van der Waals surface area contributed by atoms with Crippen LogP contribution in [-0.2, 0) is 16.0 Å². The van der Waals surface area contributed by atoms with Gasteiger partial charge < -0.3 is 10.6 Å². The summed E-state index contributed by atoms with van der Waals surface area (Å²) in [6, 6.07) is 8.38. The molecule has 1 aliphatic rings. The Morgan fingerprint density at radius 3 is 2.68 bits per heavy atom. The van der Waals surface area contributed by atoms with Gasteiger partial charge in [-0.1, -0.05) is 30.3 Å². The molecule has 19 heavy (non-hydrogen) atoms. The molecule has 1 heterocycles. The van der Waals surface area contributed by atoms with Gasteiger partial charge in [-0.25, -0.2) is 4.39 Å². The lowest BCUT2D eigenvalue weighted by molar-refractivity contribution is -0.130. The molecule has 0 aliphatic carbocycles. The second kappa shape index (κ2) is 6.31. The molecular formula is C14H17FN2O2. The van der Waals surface area contributed by atoms with Crippen LogP contribution >= 0.6 is 0 Å². The van der Waals surface area contributed by atoms with Crippen molar-refractivity contribution in [1.82, 2.24) is 10.6 Å². The first-order valence-electron chi connectivity index (χ1n) is 6.38. The van der Waals surface area contributed by atoms with Crippen LogP contribution in [0.2, 0.25) is 0 Å². The average Bonchev–Trinajstić information content (AvgIpc) is 2.42. The van der Waals surface area contributed by atoms with Gasteiger partial charge in [-0.3, -0.25) is 9.59 Å². The third-order valence-corrected chi connectivity index (χ3v) is 3.20. The Morgan fingerprint density at radius 2 is 2.05 bits per heavy atom. The number of amides is 2. The van der Waals surface area contributed by atoms with Gasteiger partial charge >= 0.3 is 0 Å². The molecule has 1 aromatic carbocycles. The fraction of sp³-hybridized carbons (Fsp3) is 0.429. The molecule has 0 spiro atoms. The smallest absolute Gasteiger partial charge is 0.242 e. The van der Waals surface area contributed by atoms with Gasteiger partial charge in [-0.15, -0.1) is 0 Å². The lowest BCUT2D eigenvalue weighted by Gasteiger charge is -2.28. The van der Waals surface area contributed by atoms with Gasteiger partial charge in [0.2, 0.25) is 11.8 Å². The van der Waals surface area contributed by atoms with E-state index in [9.17, 15) is 14.0 Å². The van der Waals surface area contributed by atoms with Crippen LogP contribution in [0.1, 0.15) is 18.4 Å². The van der Waals surface area contributed by atoms with E-state index < -0.39 is 18.8 Å². The van der Waals surface area contributed by atoms with Gasteiger partial charge in [0.05, 0.1) is 12.5 Å². The van der Waals surface area contributed by atoms with Crippen molar-refractivity contribution in [3.05, 3.63) is 35.9 Å². The predicted molar refractivity (Wildman–Crippen MR) is 69.2 cm³/mol. The highest BCUT2D eigenvalue weighted by molar-refractivity contribution is 5.89. The standard InChI is InChI=1S/C14H17FN2O2/c15-9-11-6-7-12(14(19)16-11)17-13(18)8-10-4-2-1-3-5-10/h1-5,11-12H,6-9H2,(H,16,19)(H,17,18)/t11-,12-/m1/s1. The number of alkyl halides is 1. The van der Waals surface area contributed by atoms with Crippen molar-refractivity contribution < 1.29 is 14.0 Å². The van der Waals surface area contributed by atoms with E-state index in [1.54, 1.807) is 0 Å². The highest BCUT2D eigenvalue weighted by atomic mass is 19.1. The van der Waals surface area contributed by atoms with Gasteiger partial charge in [0.15, 0.2) is 0 Å². The zero-order valence-corrected chi connectivity index (χ0v) is 10.6. The third kappa shape index (κ3) is 3.77. The number of hydrogen-bond donors (Lipinski definition) is 2. The summed E-state index contributed by atoms with van der Waals surface area (Å²) in [5.74, 6) is -0.486. The highest BCUT2D eigenvalue weighted by Crippen LogP contribution is 2.10. The molecule has 2 rings (SSSR count). The Labute approximate surface area is 111 Å². The molecule has 1 aliphatic heterocycles. The largest absolute Gasteiger partial charge is 0.349 e. The molecule has 2 amide bonds. The van der Waals surface area contributed by atoms with Crippen LogP contribution in [0, 0.1) is 0 Å². The number of carbonyl (C=O) groups excluding carboxylic acids is 2. The lowest BCUT2D eigenvalue weighted by atomic mass is 10.0. The zero-order valence-electron chi connectivity index (χ0n) is 10.6. The molecule has 4 nitrogen and oxygen atoms in total. The van der Waals surface area contributed by atoms with Crippen molar-refractivity contribution in [2.24, 2.45) is 0 Å². The molecule has 0 unspecified atom stereocenters. The minimum absolute atomic E-state index is 0.190. The third-order valence-electron chi connectivity index (χ3n) is 3.20. The summed E-state index contributed by atoms with van der Waals surface area (Å²) in [5.41, 5.74) is 0.901. The minimum Gasteiger partial charge on any atom is -0.349 e. The molecule has 2 atom stereocenters. The topological polar surface area (TPSA) is 58.2 Å². The van der Waals surface area contributed by atoms with Crippen molar-refractivity contribution in [2.75, 3.05) is 6.67 Å². The zero-order chi connectivity index (χ0) is 13.7. The lowest BCUT2D eigenvalue weighted by Crippen LogP contribution is -2.54. The molecule has 1 saturated heterocycles. The quantitative estimate of drug-likeness (QED) is 0.851. The van der Waals surface area contributed by atoms with E-state index in [0.717, 1.165) is 5.56 Å². The number of piperidine rings is 1. The number of hydrogen-bond acceptors (Lipinski definition) is 2. The SMILES string of the molecule is O=C(Cc1ccccc1)N[C@@H]1CC[C@H](CF)NC1=O. The minimum atomic E-state index is -0.559. The van der Waals surface area contributed by atoms with Gasteiger partial charge in [0.25, 0.3) is 0 Å². The summed E-state index contributed by atoms with van der Waals surface area (Å²) in [5, 5.41) is 5.25. The Hall–Kier alpha value is -1.91. The van der Waals surface area contributed by atoms with Crippen molar-refractivity contribution in [3.8, 4) is 0 Å². The number of nitrogens with one attached hydrogen (secondary N) is 2. The fourth-order valence-corrected chi connectivity index (χ4v) is 2.15. The molecule has 0 saturated carbocycles. The first-order chi connectivity index (χ1) is 9.19. The molecule has 5 heteroatoms. The summed E-state index contributed by atoms with van der Waals surface area (Å²) >= 11 is 0. The van der Waals surface area contributed by atoms with E-state index in [0.29, 0.717) is 12.8 Å². The Balaban J connectivity index is 1.84. The first-order valence-corrected chi connectivity index (χ1v) is 6.38. The van der Waals surface area contributed by atoms with E-state index >= 15 is 0 Å². The maximum atomic E-state index is 12.4. The molecular weight excluding hydrogens is 247 g/mol. The van der Waals surface area contributed by atoms with Crippen LogP contribution < -0.4 is 10.6 Å². The van der Waals surface area contributed by atoms with Crippen LogP contribution in [-0.4, -0.2) is 30.6 Å². The molecule has 0 radical (unpaired) electrons. The van der Waals surface area contributed by atoms with Crippen molar-refractivity contribution in [1.29, 1.82) is 0 Å². The molecule has 0 aromatic heterocycles. The maximum absolute atomic E-state index is 12.4. The highest BCUT2D eigenvalue weighted by Gasteiger charge is 2.28. The van der Waals surface area contributed by atoms with E-state index in [2.05, 4.69) is 10.6 Å². The summed E-state index contributed by atoms with van der Waals surface area (Å²) in [6.45, 7) is -0.559. The predicted octanol–water partition coefficient (Wildman–Crippen LogP) is 0.962. The van der Waals surface area contributed by atoms with E-state index in [-0.39, 0.29) is 18.2 Å². The fourth-order valence-electron chi connectivity index (χ4n) is 2.15. The summed E-state index contributed by atoms with van der Waals surface area (Å²) < 4.78 is 12.4. The summed E-state index contributed by atoms with van der Waals surface area (Å²) in [6.07, 6.45) is 1.29. The van der Waals surface area contributed by atoms with E-state index in [1.807, 2.05) is 30.3 Å². The number of rotatable bonds is 4. The molecule has 1 fully saturated rings. The van der Waals surface area contributed by atoms with Gasteiger partial charge in [0, 0.05) is 0 Å². The van der Waals surface area contributed by atoms with Crippen LogP contribution in [0.25, 0.3) is 0 Å². The molecule has 2 N–H and O–H groups in total. The number of benzene rings is 1. The van der Waals surface area contributed by atoms with Crippen molar-refractivity contribution in [2.45, 2.75) is 31.3 Å². The maximum Gasteiger partial charge on any atom is 0.242 e. The van der Waals surface area contributed by atoms with Gasteiger partial charge in [-0.05, 0) is 18.4 Å². The molecule has 1 aromatic rings. The summed E-state index contributed by atoms with van der Waals surface area (Å²) in [4.78, 5) is 23.5. The van der Waals surface area contributed by atoms with Gasteiger partial charge in [0.1, 0.15) is 12.7 Å². The van der Waals surface area contributed by atoms with E-state index in [4.69, 9.17) is 0 Å². The Kier molecular flexibility index (Phi) is 4.49. The summed E-state index contributed by atoms with van der Waals surface area (Å²) in [7, 11) is 0. The molecule has 102 valence electrons. The second-order valence-corrected chi connectivity index (χ2v) is 4.72. The van der Waals surface area contributed by atoms with Crippen LogP contribution in [0.4, 0.5) is 4.39 Å². The Morgan fingerprint density at radius 1 is 1.32 bits per heavy atom. The number of halogens is 1. The average molecular weight is 264 g/mol. The number of carbonyl (C=O) groups is 2. The monoisotopic (exact) mass is 264 g/mol. The Bertz CT molecular complexity index is 450. The normalized spacial score (nSPS) is 22.7. The van der Waals surface area contributed by atoms with Crippen LogP contribution in [0.5, 0.6) is 0 Å². The van der Waals surface area contributed by atoms with Crippen LogP contribution in [0.3, 0.4) is 0 Å². The second-order valence-electron chi connectivity index (χ2n) is 4.72. The van der Waals surface area contributed by atoms with Crippen LogP contribution in [0.15, 0.2) is 30.3 Å². The first kappa shape index (κ1) is 13.5. The van der Waals surface area contributed by atoms with Gasteiger partial charge in [-0.2, -0.15) is 0 Å².